The van der Waals surface area contributed by atoms with E-state index in [1.54, 1.807) is 0 Å². The van der Waals surface area contributed by atoms with Crippen LogP contribution in [0.15, 0.2) is 24.3 Å². The van der Waals surface area contributed by atoms with Crippen LogP contribution in [0.5, 0.6) is 0 Å². The smallest absolute Gasteiger partial charge is 0.263 e. The van der Waals surface area contributed by atoms with Gasteiger partial charge in [0, 0.05) is 16.1 Å². The average molecular weight is 274 g/mol. The van der Waals surface area contributed by atoms with Crippen molar-refractivity contribution in [2.24, 2.45) is 5.92 Å². The van der Waals surface area contributed by atoms with Crippen LogP contribution in [0.2, 0.25) is 0 Å². The van der Waals surface area contributed by atoms with Gasteiger partial charge in [0.1, 0.15) is 4.88 Å². The SMILES string of the molecule is CC1CCC(NC(=O)c2sc3ccccc3c2N)C1. The van der Waals surface area contributed by atoms with Gasteiger partial charge in [-0.15, -0.1) is 11.3 Å². The van der Waals surface area contributed by atoms with Gasteiger partial charge in [0.2, 0.25) is 0 Å². The summed E-state index contributed by atoms with van der Waals surface area (Å²) >= 11 is 1.48. The molecule has 19 heavy (non-hydrogen) atoms. The van der Waals surface area contributed by atoms with E-state index in [2.05, 4.69) is 12.2 Å². The predicted octanol–water partition coefficient (Wildman–Crippen LogP) is 3.40. The number of nitrogens with one attached hydrogen (secondary N) is 1. The fourth-order valence-electron chi connectivity index (χ4n) is 2.82. The number of benzene rings is 1. The number of fused-ring (bicyclic) bond motifs is 1. The average Bonchev–Trinajstić information content (AvgIpc) is 2.94. The summed E-state index contributed by atoms with van der Waals surface area (Å²) in [5.41, 5.74) is 6.71. The van der Waals surface area contributed by atoms with Gasteiger partial charge in [0.25, 0.3) is 5.91 Å². The summed E-state index contributed by atoms with van der Waals surface area (Å²) in [4.78, 5) is 13.0. The summed E-state index contributed by atoms with van der Waals surface area (Å²) in [6, 6.07) is 8.21. The lowest BCUT2D eigenvalue weighted by Crippen LogP contribution is -2.32. The summed E-state index contributed by atoms with van der Waals surface area (Å²) < 4.78 is 1.07. The molecule has 1 saturated carbocycles. The highest BCUT2D eigenvalue weighted by Crippen LogP contribution is 2.34. The Morgan fingerprint density at radius 3 is 2.84 bits per heavy atom. The molecule has 0 spiro atoms. The van der Waals surface area contributed by atoms with Crippen molar-refractivity contribution < 1.29 is 4.79 Å². The van der Waals surface area contributed by atoms with Crippen molar-refractivity contribution in [1.82, 2.24) is 5.32 Å². The molecule has 4 heteroatoms. The topological polar surface area (TPSA) is 55.1 Å². The Labute approximate surface area is 116 Å². The molecule has 1 amide bonds. The maximum Gasteiger partial charge on any atom is 0.263 e. The van der Waals surface area contributed by atoms with Gasteiger partial charge in [-0.3, -0.25) is 4.79 Å². The zero-order valence-electron chi connectivity index (χ0n) is 11.0. The lowest BCUT2D eigenvalue weighted by Gasteiger charge is -2.11. The van der Waals surface area contributed by atoms with Crippen molar-refractivity contribution in [3.05, 3.63) is 29.1 Å². The molecule has 2 atom stereocenters. The van der Waals surface area contributed by atoms with Crippen molar-refractivity contribution in [2.75, 3.05) is 5.73 Å². The molecule has 1 aliphatic carbocycles. The molecule has 0 aliphatic heterocycles. The summed E-state index contributed by atoms with van der Waals surface area (Å²) in [5, 5.41) is 4.10. The quantitative estimate of drug-likeness (QED) is 0.881. The minimum atomic E-state index is -0.0159. The van der Waals surface area contributed by atoms with E-state index in [0.717, 1.165) is 22.9 Å². The molecule has 0 bridgehead atoms. The van der Waals surface area contributed by atoms with Crippen LogP contribution in [-0.2, 0) is 0 Å². The molecular weight excluding hydrogens is 256 g/mol. The highest BCUT2D eigenvalue weighted by molar-refractivity contribution is 7.21. The minimum absolute atomic E-state index is 0.0159. The Hall–Kier alpha value is -1.55. The van der Waals surface area contributed by atoms with Gasteiger partial charge in [-0.1, -0.05) is 25.1 Å². The number of hydrogen-bond acceptors (Lipinski definition) is 3. The normalized spacial score (nSPS) is 22.8. The molecule has 3 rings (SSSR count). The molecule has 1 aromatic heterocycles. The number of anilines is 1. The monoisotopic (exact) mass is 274 g/mol. The molecule has 3 N–H and O–H groups in total. The molecule has 0 saturated heterocycles. The first kappa shape index (κ1) is 12.5. The first-order valence-electron chi connectivity index (χ1n) is 6.73. The van der Waals surface area contributed by atoms with E-state index in [1.807, 2.05) is 24.3 Å². The van der Waals surface area contributed by atoms with Crippen molar-refractivity contribution in [1.29, 1.82) is 0 Å². The first-order chi connectivity index (χ1) is 9.15. The Kier molecular flexibility index (Phi) is 3.19. The van der Waals surface area contributed by atoms with E-state index in [0.29, 0.717) is 22.5 Å². The van der Waals surface area contributed by atoms with Crippen LogP contribution in [0.25, 0.3) is 10.1 Å². The van der Waals surface area contributed by atoms with Crippen molar-refractivity contribution >= 4 is 33.0 Å². The number of rotatable bonds is 2. The first-order valence-corrected chi connectivity index (χ1v) is 7.54. The van der Waals surface area contributed by atoms with Gasteiger partial charge in [-0.05, 0) is 31.2 Å². The van der Waals surface area contributed by atoms with Crippen LogP contribution in [0.1, 0.15) is 35.9 Å². The second kappa shape index (κ2) is 4.85. The zero-order valence-corrected chi connectivity index (χ0v) is 11.8. The summed E-state index contributed by atoms with van der Waals surface area (Å²) in [7, 11) is 0. The number of thiophene rings is 1. The zero-order chi connectivity index (χ0) is 13.4. The molecule has 1 aliphatic rings. The Morgan fingerprint density at radius 1 is 1.37 bits per heavy atom. The largest absolute Gasteiger partial charge is 0.397 e. The van der Waals surface area contributed by atoms with Gasteiger partial charge in [0.15, 0.2) is 0 Å². The lowest BCUT2D eigenvalue weighted by molar-refractivity contribution is 0.0942. The number of carbonyl (C=O) groups is 1. The van der Waals surface area contributed by atoms with Gasteiger partial charge in [-0.25, -0.2) is 0 Å². The number of hydrogen-bond donors (Lipinski definition) is 2. The van der Waals surface area contributed by atoms with Gasteiger partial charge in [-0.2, -0.15) is 0 Å². The van der Waals surface area contributed by atoms with Crippen molar-refractivity contribution in [3.8, 4) is 0 Å². The molecule has 2 unspecified atom stereocenters. The number of nitrogens with two attached hydrogens (primary N) is 1. The molecular formula is C15H18N2OS. The van der Waals surface area contributed by atoms with Gasteiger partial charge < -0.3 is 11.1 Å². The van der Waals surface area contributed by atoms with E-state index in [9.17, 15) is 4.79 Å². The van der Waals surface area contributed by atoms with Crippen LogP contribution in [0, 0.1) is 5.92 Å². The van der Waals surface area contributed by atoms with E-state index in [4.69, 9.17) is 5.73 Å². The van der Waals surface area contributed by atoms with E-state index in [-0.39, 0.29) is 5.91 Å². The number of nitrogen functional groups attached to an aromatic ring is 1. The summed E-state index contributed by atoms with van der Waals surface area (Å²) in [5.74, 6) is 0.697. The van der Waals surface area contributed by atoms with Gasteiger partial charge >= 0.3 is 0 Å². The number of carbonyl (C=O) groups excluding carboxylic acids is 1. The second-order valence-electron chi connectivity index (χ2n) is 5.43. The fraction of sp³-hybridized carbons (Fsp3) is 0.400. The highest BCUT2D eigenvalue weighted by Gasteiger charge is 2.25. The van der Waals surface area contributed by atoms with Gasteiger partial charge in [0.05, 0.1) is 5.69 Å². The molecule has 100 valence electrons. The standard InChI is InChI=1S/C15H18N2OS/c1-9-6-7-10(8-9)17-15(18)14-13(16)11-4-2-3-5-12(11)19-14/h2-5,9-10H,6-8,16H2,1H3,(H,17,18). The van der Waals surface area contributed by atoms with Crippen molar-refractivity contribution in [2.45, 2.75) is 32.2 Å². The molecule has 1 heterocycles. The Bertz CT molecular complexity index is 620. The van der Waals surface area contributed by atoms with E-state index in [1.165, 1.54) is 17.8 Å². The number of amides is 1. The van der Waals surface area contributed by atoms with E-state index < -0.39 is 0 Å². The Morgan fingerprint density at radius 2 is 2.16 bits per heavy atom. The third kappa shape index (κ3) is 2.32. The van der Waals surface area contributed by atoms with Crippen LogP contribution in [-0.4, -0.2) is 11.9 Å². The maximum absolute atomic E-state index is 12.3. The highest BCUT2D eigenvalue weighted by atomic mass is 32.1. The molecule has 3 nitrogen and oxygen atoms in total. The van der Waals surface area contributed by atoms with Crippen LogP contribution in [0.4, 0.5) is 5.69 Å². The predicted molar refractivity (Wildman–Crippen MR) is 80.5 cm³/mol. The summed E-state index contributed by atoms with van der Waals surface area (Å²) in [6.07, 6.45) is 3.36. The fourth-order valence-corrected chi connectivity index (χ4v) is 3.85. The molecule has 2 aromatic rings. The third-order valence-electron chi connectivity index (χ3n) is 3.87. The summed E-state index contributed by atoms with van der Waals surface area (Å²) in [6.45, 7) is 2.24. The third-order valence-corrected chi connectivity index (χ3v) is 5.06. The van der Waals surface area contributed by atoms with Crippen LogP contribution in [0.3, 0.4) is 0 Å². The lowest BCUT2D eigenvalue weighted by atomic mass is 10.1. The minimum Gasteiger partial charge on any atom is -0.397 e. The van der Waals surface area contributed by atoms with Crippen LogP contribution >= 0.6 is 11.3 Å². The molecule has 1 aromatic carbocycles. The van der Waals surface area contributed by atoms with Crippen molar-refractivity contribution in [3.63, 3.8) is 0 Å². The molecule has 0 radical (unpaired) electrons. The van der Waals surface area contributed by atoms with Crippen LogP contribution < -0.4 is 11.1 Å². The maximum atomic E-state index is 12.3. The van der Waals surface area contributed by atoms with E-state index >= 15 is 0 Å². The second-order valence-corrected chi connectivity index (χ2v) is 6.48. The Balaban J connectivity index is 1.83. The molecule has 1 fully saturated rings.